The van der Waals surface area contributed by atoms with Crippen molar-refractivity contribution in [2.45, 2.75) is 52.4 Å². The van der Waals surface area contributed by atoms with Crippen molar-refractivity contribution in [2.75, 3.05) is 40.0 Å². The van der Waals surface area contributed by atoms with Gasteiger partial charge in [-0.15, -0.1) is 0 Å². The molecule has 1 aliphatic heterocycles. The highest BCUT2D eigenvalue weighted by molar-refractivity contribution is 7.80. The van der Waals surface area contributed by atoms with Crippen LogP contribution in [-0.4, -0.2) is 69.9 Å². The molecule has 9 nitrogen and oxygen atoms in total. The first-order valence-electron chi connectivity index (χ1n) is 11.8. The molecule has 0 saturated heterocycles. The summed E-state index contributed by atoms with van der Waals surface area (Å²) in [4.78, 5) is 12.1. The smallest absolute Gasteiger partial charge is 0.397 e. The summed E-state index contributed by atoms with van der Waals surface area (Å²) in [6.45, 7) is 5.73. The standard InChI is InChI=1S/C16H22N2O3.C8H18O4S/c1-3-20-11-12-21-16(19)13-18(10-9-17(2)14-18)15-7-5-4-6-8-15;1-2-3-4-5-6-7-8-12-13(9,10)11/h4-10,14H,3,11-13H2,1-2H3;2-8H2,1H3,(H,9,10,11)/q+2;/t18-;/m1./s1. The minimum Gasteiger partial charge on any atom is -0.459 e. The third-order valence-corrected chi connectivity index (χ3v) is 5.47. The molecule has 0 saturated carbocycles. The van der Waals surface area contributed by atoms with Crippen molar-refractivity contribution in [3.8, 4) is 0 Å². The van der Waals surface area contributed by atoms with E-state index in [2.05, 4.69) is 11.1 Å². The van der Waals surface area contributed by atoms with Gasteiger partial charge in [-0.1, -0.05) is 57.2 Å². The van der Waals surface area contributed by atoms with E-state index in [0.717, 1.165) is 18.5 Å². The molecule has 1 atom stereocenters. The van der Waals surface area contributed by atoms with E-state index in [1.54, 1.807) is 0 Å². The maximum Gasteiger partial charge on any atom is 0.397 e. The molecule has 10 heteroatoms. The van der Waals surface area contributed by atoms with Gasteiger partial charge >= 0.3 is 22.7 Å². The Morgan fingerprint density at radius 3 is 2.26 bits per heavy atom. The number of rotatable bonds is 15. The monoisotopic (exact) mass is 500 g/mol. The molecule has 0 unspecified atom stereocenters. The molecular formula is C24H40N2O7S+2. The minimum atomic E-state index is -4.22. The molecule has 0 aliphatic carbocycles. The highest BCUT2D eigenvalue weighted by Crippen LogP contribution is 2.24. The molecule has 0 fully saturated rings. The Balaban J connectivity index is 0.000000385. The van der Waals surface area contributed by atoms with Gasteiger partial charge < -0.3 is 9.47 Å². The van der Waals surface area contributed by atoms with Gasteiger partial charge in [-0.05, 0) is 13.3 Å². The van der Waals surface area contributed by atoms with Crippen LogP contribution in [0, 0.1) is 0 Å². The molecule has 1 N–H and O–H groups in total. The second-order valence-corrected chi connectivity index (χ2v) is 9.03. The molecule has 1 heterocycles. The Bertz CT molecular complexity index is 873. The van der Waals surface area contributed by atoms with E-state index < -0.39 is 10.4 Å². The summed E-state index contributed by atoms with van der Waals surface area (Å²) in [5.41, 5.74) is 1.03. The average Bonchev–Trinajstić information content (AvgIpc) is 3.18. The van der Waals surface area contributed by atoms with Crippen molar-refractivity contribution in [1.82, 2.24) is 4.48 Å². The maximum absolute atomic E-state index is 12.1. The normalized spacial score (nSPS) is 17.1. The van der Waals surface area contributed by atoms with Crippen LogP contribution in [-0.2, 0) is 28.9 Å². The molecule has 192 valence electrons. The van der Waals surface area contributed by atoms with Crippen LogP contribution >= 0.6 is 0 Å². The van der Waals surface area contributed by atoms with Crippen molar-refractivity contribution in [3.05, 3.63) is 42.7 Å². The second-order valence-electron chi connectivity index (χ2n) is 7.94. The third-order valence-electron chi connectivity index (χ3n) is 5.01. The van der Waals surface area contributed by atoms with Gasteiger partial charge in [0.15, 0.2) is 12.7 Å². The first-order valence-corrected chi connectivity index (χ1v) is 13.1. The number of benzene rings is 1. The molecule has 34 heavy (non-hydrogen) atoms. The fourth-order valence-electron chi connectivity index (χ4n) is 3.33. The van der Waals surface area contributed by atoms with Crippen LogP contribution in [0.15, 0.2) is 42.7 Å². The van der Waals surface area contributed by atoms with Crippen LogP contribution in [0.3, 0.4) is 0 Å². The number of nitrogens with zero attached hydrogens (tertiary/aromatic N) is 2. The molecule has 1 aromatic carbocycles. The zero-order valence-electron chi connectivity index (χ0n) is 20.6. The van der Waals surface area contributed by atoms with Gasteiger partial charge in [-0.3, -0.25) is 4.55 Å². The number of carbonyl (C=O) groups excluding carboxylic acids is 1. The molecule has 0 amide bonds. The highest BCUT2D eigenvalue weighted by atomic mass is 32.3. The average molecular weight is 501 g/mol. The molecular weight excluding hydrogens is 460 g/mol. The second kappa shape index (κ2) is 16.5. The van der Waals surface area contributed by atoms with Crippen LogP contribution in [0.4, 0.5) is 5.69 Å². The van der Waals surface area contributed by atoms with E-state index in [1.807, 2.05) is 67.6 Å². The first-order chi connectivity index (χ1) is 16.2. The van der Waals surface area contributed by atoms with Crippen LogP contribution in [0.1, 0.15) is 52.4 Å². The molecule has 0 aromatic heterocycles. The Morgan fingerprint density at radius 1 is 1.00 bits per heavy atom. The van der Waals surface area contributed by atoms with E-state index in [1.165, 1.54) is 19.3 Å². The van der Waals surface area contributed by atoms with Crippen molar-refractivity contribution >= 4 is 28.4 Å². The van der Waals surface area contributed by atoms with E-state index in [0.29, 0.717) is 30.7 Å². The Labute approximate surface area is 204 Å². The zero-order chi connectivity index (χ0) is 25.3. The van der Waals surface area contributed by atoms with Gasteiger partial charge in [0.1, 0.15) is 19.3 Å². The number of ether oxygens (including phenoxy) is 2. The quantitative estimate of drug-likeness (QED) is 0.128. The summed E-state index contributed by atoms with van der Waals surface area (Å²) < 4.78 is 45.3. The molecule has 2 rings (SSSR count). The van der Waals surface area contributed by atoms with E-state index >= 15 is 0 Å². The summed E-state index contributed by atoms with van der Waals surface area (Å²) in [6, 6.07) is 9.91. The lowest BCUT2D eigenvalue weighted by Gasteiger charge is -2.22. The van der Waals surface area contributed by atoms with Crippen LogP contribution < -0.4 is 4.48 Å². The predicted molar refractivity (Wildman–Crippen MR) is 133 cm³/mol. The first kappa shape index (κ1) is 29.9. The van der Waals surface area contributed by atoms with Crippen molar-refractivity contribution in [3.63, 3.8) is 0 Å². The number of quaternary nitrogens is 1. The Kier molecular flexibility index (Phi) is 14.5. The lowest BCUT2D eigenvalue weighted by Crippen LogP contribution is -2.46. The number of para-hydroxylation sites is 1. The Morgan fingerprint density at radius 2 is 1.68 bits per heavy atom. The largest absolute Gasteiger partial charge is 0.459 e. The van der Waals surface area contributed by atoms with Gasteiger partial charge in [0.05, 0.1) is 13.2 Å². The lowest BCUT2D eigenvalue weighted by atomic mass is 10.1. The zero-order valence-corrected chi connectivity index (χ0v) is 21.4. The lowest BCUT2D eigenvalue weighted by molar-refractivity contribution is -0.415. The topological polar surface area (TPSA) is 102 Å². The van der Waals surface area contributed by atoms with Gasteiger partial charge in [-0.2, -0.15) is 17.5 Å². The number of hydrogen-bond acceptors (Lipinski definition) is 6. The van der Waals surface area contributed by atoms with Gasteiger partial charge in [0.2, 0.25) is 6.20 Å². The molecule has 0 radical (unpaired) electrons. The van der Waals surface area contributed by atoms with Crippen LogP contribution in [0.5, 0.6) is 0 Å². The maximum atomic E-state index is 12.1. The summed E-state index contributed by atoms with van der Waals surface area (Å²) in [6.07, 6.45) is 12.3. The summed E-state index contributed by atoms with van der Waals surface area (Å²) in [7, 11) is -2.28. The fourth-order valence-corrected chi connectivity index (χ4v) is 3.66. The number of esters is 1. The van der Waals surface area contributed by atoms with Crippen molar-refractivity contribution < 1.29 is 36.0 Å². The highest BCUT2D eigenvalue weighted by Gasteiger charge is 2.38. The van der Waals surface area contributed by atoms with E-state index in [4.69, 9.17) is 14.0 Å². The fraction of sp³-hybridized carbons (Fsp3) is 0.583. The predicted octanol–water partition coefficient (Wildman–Crippen LogP) is 3.90. The van der Waals surface area contributed by atoms with Gasteiger partial charge in [-0.25, -0.2) is 8.98 Å². The number of hydrogen-bond donors (Lipinski definition) is 1. The molecule has 0 bridgehead atoms. The van der Waals surface area contributed by atoms with Crippen molar-refractivity contribution in [1.29, 1.82) is 0 Å². The molecule has 0 spiro atoms. The Hall–Kier alpha value is -2.11. The number of carbonyl (C=O) groups is 1. The van der Waals surface area contributed by atoms with Gasteiger partial charge in [0, 0.05) is 18.7 Å². The van der Waals surface area contributed by atoms with E-state index in [-0.39, 0.29) is 19.1 Å². The third kappa shape index (κ3) is 13.0. The summed E-state index contributed by atoms with van der Waals surface area (Å²) in [5, 5.41) is 0. The van der Waals surface area contributed by atoms with E-state index in [9.17, 15) is 13.2 Å². The SMILES string of the molecule is CCCCCCCCOS(=O)(=O)O.CCOCCOC(=O)C[N@+]1(c2ccccc2)C=C[N+](C)=C1. The number of unbranched alkanes of at least 4 members (excludes halogenated alkanes) is 5. The minimum absolute atomic E-state index is 0.0883. The summed E-state index contributed by atoms with van der Waals surface area (Å²) >= 11 is 0. The van der Waals surface area contributed by atoms with Gasteiger partial charge in [0.25, 0.3) is 0 Å². The van der Waals surface area contributed by atoms with Crippen molar-refractivity contribution in [2.24, 2.45) is 0 Å². The molecule has 1 aliphatic rings. The van der Waals surface area contributed by atoms with Crippen LogP contribution in [0.2, 0.25) is 0 Å². The molecule has 1 aromatic rings. The van der Waals surface area contributed by atoms with Crippen LogP contribution in [0.25, 0.3) is 0 Å². The summed E-state index contributed by atoms with van der Waals surface area (Å²) in [5.74, 6) is -0.241.